The number of hydrogen-bond acceptors (Lipinski definition) is 2. The van der Waals surface area contributed by atoms with Gasteiger partial charge >= 0.3 is 0 Å². The molecule has 0 saturated carbocycles. The Morgan fingerprint density at radius 2 is 2.10 bits per heavy atom. The molecule has 0 aliphatic heterocycles. The summed E-state index contributed by atoms with van der Waals surface area (Å²) in [6.07, 6.45) is 8.94. The number of benzene rings is 1. The van der Waals surface area contributed by atoms with Crippen LogP contribution in [0.2, 0.25) is 0 Å². The molecule has 0 radical (unpaired) electrons. The molecule has 0 amide bonds. The molecule has 106 valence electrons. The zero-order chi connectivity index (χ0) is 13.9. The molecule has 20 heavy (non-hydrogen) atoms. The van der Waals surface area contributed by atoms with Crippen LogP contribution >= 0.6 is 0 Å². The lowest BCUT2D eigenvalue weighted by atomic mass is 9.90. The molecule has 0 unspecified atom stereocenters. The van der Waals surface area contributed by atoms with E-state index in [0.717, 1.165) is 12.5 Å². The topological polar surface area (TPSA) is 29.9 Å². The van der Waals surface area contributed by atoms with Crippen molar-refractivity contribution in [3.63, 3.8) is 0 Å². The van der Waals surface area contributed by atoms with Crippen LogP contribution in [0.3, 0.4) is 0 Å². The fourth-order valence-electron chi connectivity index (χ4n) is 2.99. The van der Waals surface area contributed by atoms with Gasteiger partial charge in [0.2, 0.25) is 5.95 Å². The van der Waals surface area contributed by atoms with Gasteiger partial charge in [-0.2, -0.15) is 0 Å². The van der Waals surface area contributed by atoms with E-state index in [4.69, 9.17) is 0 Å². The van der Waals surface area contributed by atoms with Crippen molar-refractivity contribution in [2.45, 2.75) is 46.1 Å². The summed E-state index contributed by atoms with van der Waals surface area (Å²) in [5.41, 5.74) is 4.22. The number of aromatic nitrogens is 2. The number of rotatable bonds is 4. The Morgan fingerprint density at radius 3 is 2.95 bits per heavy atom. The highest BCUT2D eigenvalue weighted by Crippen LogP contribution is 2.29. The third kappa shape index (κ3) is 2.72. The molecule has 3 rings (SSSR count). The Hall–Kier alpha value is -1.77. The zero-order valence-corrected chi connectivity index (χ0v) is 12.4. The second kappa shape index (κ2) is 5.70. The van der Waals surface area contributed by atoms with Gasteiger partial charge in [-0.1, -0.05) is 26.0 Å². The molecule has 0 fully saturated rings. The van der Waals surface area contributed by atoms with Gasteiger partial charge < -0.3 is 9.88 Å². The van der Waals surface area contributed by atoms with Gasteiger partial charge in [-0.25, -0.2) is 4.98 Å². The molecule has 0 saturated heterocycles. The van der Waals surface area contributed by atoms with Gasteiger partial charge in [0.05, 0.1) is 0 Å². The highest BCUT2D eigenvalue weighted by molar-refractivity contribution is 5.61. The first-order valence-corrected chi connectivity index (χ1v) is 7.63. The number of imidazole rings is 1. The lowest BCUT2D eigenvalue weighted by molar-refractivity contribution is 0.527. The molecule has 1 aromatic heterocycles. The first-order valence-electron chi connectivity index (χ1n) is 7.63. The number of nitrogens with one attached hydrogen (secondary N) is 1. The summed E-state index contributed by atoms with van der Waals surface area (Å²) in [5.74, 6) is 1.58. The van der Waals surface area contributed by atoms with Crippen molar-refractivity contribution >= 4 is 11.6 Å². The van der Waals surface area contributed by atoms with E-state index in [9.17, 15) is 0 Å². The minimum Gasteiger partial charge on any atom is -0.325 e. The van der Waals surface area contributed by atoms with Crippen LogP contribution in [-0.2, 0) is 19.4 Å². The van der Waals surface area contributed by atoms with E-state index < -0.39 is 0 Å². The number of aryl methyl sites for hydroxylation is 1. The van der Waals surface area contributed by atoms with Crippen LogP contribution in [0.25, 0.3) is 0 Å². The highest BCUT2D eigenvalue weighted by Gasteiger charge is 2.14. The fraction of sp³-hybridized carbons (Fsp3) is 0.471. The van der Waals surface area contributed by atoms with Gasteiger partial charge in [0.1, 0.15) is 0 Å². The predicted molar refractivity (Wildman–Crippen MR) is 83.4 cm³/mol. The summed E-state index contributed by atoms with van der Waals surface area (Å²) in [4.78, 5) is 4.47. The monoisotopic (exact) mass is 269 g/mol. The Labute approximate surface area is 121 Å². The smallest absolute Gasteiger partial charge is 0.207 e. The van der Waals surface area contributed by atoms with Gasteiger partial charge in [-0.05, 0) is 48.8 Å². The summed E-state index contributed by atoms with van der Waals surface area (Å²) in [6.45, 7) is 5.46. The van der Waals surface area contributed by atoms with Crippen LogP contribution in [0, 0.1) is 5.92 Å². The van der Waals surface area contributed by atoms with Crippen LogP contribution in [0.4, 0.5) is 11.6 Å². The van der Waals surface area contributed by atoms with E-state index in [1.165, 1.54) is 42.5 Å². The van der Waals surface area contributed by atoms with Gasteiger partial charge in [0.25, 0.3) is 0 Å². The minimum atomic E-state index is 0.620. The number of fused-ring (bicyclic) bond motifs is 1. The van der Waals surface area contributed by atoms with E-state index in [2.05, 4.69) is 53.1 Å². The summed E-state index contributed by atoms with van der Waals surface area (Å²) < 4.78 is 2.20. The normalized spacial score (nSPS) is 14.3. The lowest BCUT2D eigenvalue weighted by Gasteiger charge is -2.20. The van der Waals surface area contributed by atoms with Crippen molar-refractivity contribution in [3.05, 3.63) is 41.7 Å². The zero-order valence-electron chi connectivity index (χ0n) is 12.4. The van der Waals surface area contributed by atoms with Crippen molar-refractivity contribution in [2.75, 3.05) is 5.32 Å². The van der Waals surface area contributed by atoms with Crippen molar-refractivity contribution in [2.24, 2.45) is 5.92 Å². The first-order chi connectivity index (χ1) is 9.74. The molecule has 0 spiro atoms. The van der Waals surface area contributed by atoms with E-state index in [-0.39, 0.29) is 0 Å². The Kier molecular flexibility index (Phi) is 3.77. The molecule has 1 N–H and O–H groups in total. The summed E-state index contributed by atoms with van der Waals surface area (Å²) >= 11 is 0. The van der Waals surface area contributed by atoms with E-state index in [1.54, 1.807) is 0 Å². The number of nitrogens with zero attached hydrogens (tertiary/aromatic N) is 2. The second-order valence-corrected chi connectivity index (χ2v) is 6.07. The van der Waals surface area contributed by atoms with Gasteiger partial charge in [0.15, 0.2) is 0 Å². The Bertz CT molecular complexity index is 584. The maximum atomic E-state index is 4.47. The molecule has 0 bridgehead atoms. The maximum Gasteiger partial charge on any atom is 0.207 e. The summed E-state index contributed by atoms with van der Waals surface area (Å²) in [7, 11) is 0. The highest BCUT2D eigenvalue weighted by atomic mass is 15.2. The van der Waals surface area contributed by atoms with E-state index in [1.807, 2.05) is 6.20 Å². The van der Waals surface area contributed by atoms with Crippen LogP contribution in [-0.4, -0.2) is 9.55 Å². The van der Waals surface area contributed by atoms with Crippen LogP contribution in [0.1, 0.15) is 37.8 Å². The minimum absolute atomic E-state index is 0.620. The van der Waals surface area contributed by atoms with Gasteiger partial charge in [0, 0.05) is 24.6 Å². The molecule has 1 aliphatic rings. The lowest BCUT2D eigenvalue weighted by Crippen LogP contribution is -2.10. The SMILES string of the molecule is CC(C)Cn1ccnc1Nc1cccc2c1CCCC2. The number of anilines is 2. The van der Waals surface area contributed by atoms with Crippen molar-refractivity contribution < 1.29 is 0 Å². The van der Waals surface area contributed by atoms with E-state index >= 15 is 0 Å². The van der Waals surface area contributed by atoms with Crippen LogP contribution in [0.5, 0.6) is 0 Å². The van der Waals surface area contributed by atoms with Crippen molar-refractivity contribution in [3.8, 4) is 0 Å². The average molecular weight is 269 g/mol. The molecule has 0 atom stereocenters. The standard InChI is InChI=1S/C17H23N3/c1-13(2)12-20-11-10-18-17(20)19-16-9-5-7-14-6-3-4-8-15(14)16/h5,7,9-11,13H,3-4,6,8,12H2,1-2H3,(H,18,19). The molecular formula is C17H23N3. The van der Waals surface area contributed by atoms with Gasteiger partial charge in [-0.3, -0.25) is 0 Å². The van der Waals surface area contributed by atoms with Crippen LogP contribution in [0.15, 0.2) is 30.6 Å². The van der Waals surface area contributed by atoms with Crippen molar-refractivity contribution in [1.82, 2.24) is 9.55 Å². The maximum absolute atomic E-state index is 4.47. The quantitative estimate of drug-likeness (QED) is 0.903. The van der Waals surface area contributed by atoms with E-state index in [0.29, 0.717) is 5.92 Å². The predicted octanol–water partition coefficient (Wildman–Crippen LogP) is 4.16. The summed E-state index contributed by atoms with van der Waals surface area (Å²) in [5, 5.41) is 3.54. The van der Waals surface area contributed by atoms with Crippen molar-refractivity contribution in [1.29, 1.82) is 0 Å². The van der Waals surface area contributed by atoms with Crippen LogP contribution < -0.4 is 5.32 Å². The molecule has 1 aromatic carbocycles. The molecule has 3 nitrogen and oxygen atoms in total. The third-order valence-corrected chi connectivity index (χ3v) is 3.92. The molecule has 1 aliphatic carbocycles. The largest absolute Gasteiger partial charge is 0.325 e. The third-order valence-electron chi connectivity index (χ3n) is 3.92. The Morgan fingerprint density at radius 1 is 1.25 bits per heavy atom. The number of hydrogen-bond donors (Lipinski definition) is 1. The van der Waals surface area contributed by atoms with Gasteiger partial charge in [-0.15, -0.1) is 0 Å². The second-order valence-electron chi connectivity index (χ2n) is 6.07. The molecule has 3 heteroatoms. The average Bonchev–Trinajstić information content (AvgIpc) is 2.86. The molecule has 1 heterocycles. The molecule has 2 aromatic rings. The fourth-order valence-corrected chi connectivity index (χ4v) is 2.99. The first kappa shape index (κ1) is 13.2. The summed E-state index contributed by atoms with van der Waals surface area (Å²) in [6, 6.07) is 6.60. The molecular weight excluding hydrogens is 246 g/mol. The Balaban J connectivity index is 1.86.